The summed E-state index contributed by atoms with van der Waals surface area (Å²) in [6, 6.07) is 17.2. The first kappa shape index (κ1) is 24.6. The number of hydrogen-bond acceptors (Lipinski definition) is 5. The average Bonchev–Trinajstić information content (AvgIpc) is 2.77. The Labute approximate surface area is 198 Å². The van der Waals surface area contributed by atoms with Gasteiger partial charge in [0.2, 0.25) is 17.6 Å². The zero-order chi connectivity index (χ0) is 25.0. The Morgan fingerprint density at radius 1 is 0.853 bits per heavy atom. The van der Waals surface area contributed by atoms with Gasteiger partial charge in [-0.25, -0.2) is 4.79 Å². The van der Waals surface area contributed by atoms with Crippen molar-refractivity contribution in [1.29, 1.82) is 0 Å². The summed E-state index contributed by atoms with van der Waals surface area (Å²) in [6.45, 7) is 8.27. The number of ether oxygens (including phenoxy) is 1. The lowest BCUT2D eigenvalue weighted by molar-refractivity contribution is -0.123. The number of esters is 1. The molecule has 2 amide bonds. The molecule has 0 fully saturated rings. The van der Waals surface area contributed by atoms with E-state index in [2.05, 4.69) is 10.6 Å². The first-order valence-corrected chi connectivity index (χ1v) is 10.9. The predicted molar refractivity (Wildman–Crippen MR) is 132 cm³/mol. The maximum Gasteiger partial charge on any atom is 0.340 e. The molecule has 34 heavy (non-hydrogen) atoms. The maximum absolute atomic E-state index is 12.9. The molecule has 0 aliphatic carbocycles. The Hall–Kier alpha value is -4.00. The number of fused-ring (bicyclic) bond motifs is 1. The molecule has 0 spiro atoms. The molecular formula is C27H28N2O5. The van der Waals surface area contributed by atoms with Crippen LogP contribution in [0, 0.1) is 5.41 Å². The van der Waals surface area contributed by atoms with Crippen LogP contribution in [0.4, 0.5) is 11.4 Å². The molecule has 0 heterocycles. The second kappa shape index (κ2) is 9.87. The number of anilines is 2. The number of ketones is 1. The average molecular weight is 461 g/mol. The number of rotatable bonds is 6. The normalized spacial score (nSPS) is 12.0. The fourth-order valence-electron chi connectivity index (χ4n) is 3.25. The highest BCUT2D eigenvalue weighted by molar-refractivity contribution is 6.07. The molecule has 0 saturated heterocycles. The standard InChI is InChI=1S/C27H28N2O5/c1-16(24(31)18-10-12-21(13-11-18)29-26(33)27(3,4)5)34-25(32)22-14-19-8-6-7-9-20(19)15-23(22)28-17(2)30/h6-16H,1-5H3,(H,28,30)(H,29,33). The Morgan fingerprint density at radius 3 is 2.00 bits per heavy atom. The molecule has 2 N–H and O–H groups in total. The van der Waals surface area contributed by atoms with Gasteiger partial charge >= 0.3 is 5.97 Å². The van der Waals surface area contributed by atoms with Gasteiger partial charge < -0.3 is 15.4 Å². The minimum Gasteiger partial charge on any atom is -0.451 e. The molecule has 7 heteroatoms. The van der Waals surface area contributed by atoms with E-state index >= 15 is 0 Å². The Morgan fingerprint density at radius 2 is 1.44 bits per heavy atom. The van der Waals surface area contributed by atoms with Crippen molar-refractivity contribution < 1.29 is 23.9 Å². The van der Waals surface area contributed by atoms with E-state index in [0.717, 1.165) is 10.8 Å². The molecule has 3 aromatic rings. The third-order valence-corrected chi connectivity index (χ3v) is 5.18. The molecule has 1 atom stereocenters. The molecule has 3 aromatic carbocycles. The molecule has 1 unspecified atom stereocenters. The lowest BCUT2D eigenvalue weighted by atomic mass is 9.95. The van der Waals surface area contributed by atoms with Crippen molar-refractivity contribution in [1.82, 2.24) is 0 Å². The fraction of sp³-hybridized carbons (Fsp3) is 0.259. The van der Waals surface area contributed by atoms with Gasteiger partial charge in [0.05, 0.1) is 11.3 Å². The fourth-order valence-corrected chi connectivity index (χ4v) is 3.25. The summed E-state index contributed by atoms with van der Waals surface area (Å²) in [5, 5.41) is 7.10. The minimum absolute atomic E-state index is 0.140. The van der Waals surface area contributed by atoms with E-state index in [1.165, 1.54) is 13.8 Å². The van der Waals surface area contributed by atoms with E-state index in [4.69, 9.17) is 4.74 Å². The third kappa shape index (κ3) is 5.86. The van der Waals surface area contributed by atoms with Crippen LogP contribution in [-0.4, -0.2) is 29.7 Å². The van der Waals surface area contributed by atoms with Crippen molar-refractivity contribution in [3.8, 4) is 0 Å². The van der Waals surface area contributed by atoms with Crippen LogP contribution < -0.4 is 10.6 Å². The van der Waals surface area contributed by atoms with Gasteiger partial charge in [0, 0.05) is 23.6 Å². The summed E-state index contributed by atoms with van der Waals surface area (Å²) in [4.78, 5) is 49.6. The van der Waals surface area contributed by atoms with E-state index in [1.54, 1.807) is 36.4 Å². The van der Waals surface area contributed by atoms with Crippen molar-refractivity contribution in [2.24, 2.45) is 5.41 Å². The summed E-state index contributed by atoms with van der Waals surface area (Å²) < 4.78 is 5.45. The second-order valence-electron chi connectivity index (χ2n) is 9.12. The minimum atomic E-state index is -1.06. The number of Topliss-reactive ketones (excluding diaryl/α,β-unsaturated/α-hetero) is 1. The van der Waals surface area contributed by atoms with Crippen molar-refractivity contribution in [2.75, 3.05) is 10.6 Å². The van der Waals surface area contributed by atoms with E-state index in [9.17, 15) is 19.2 Å². The summed E-state index contributed by atoms with van der Waals surface area (Å²) in [5.74, 6) is -1.57. The highest BCUT2D eigenvalue weighted by Gasteiger charge is 2.24. The van der Waals surface area contributed by atoms with Gasteiger partial charge in [-0.3, -0.25) is 14.4 Å². The number of amides is 2. The van der Waals surface area contributed by atoms with Gasteiger partial charge in [-0.2, -0.15) is 0 Å². The summed E-state index contributed by atoms with van der Waals surface area (Å²) >= 11 is 0. The monoisotopic (exact) mass is 460 g/mol. The number of benzene rings is 3. The molecule has 0 aliphatic rings. The van der Waals surface area contributed by atoms with Crippen molar-refractivity contribution in [3.63, 3.8) is 0 Å². The number of nitrogens with one attached hydrogen (secondary N) is 2. The first-order chi connectivity index (χ1) is 16.0. The van der Waals surface area contributed by atoms with Crippen LogP contribution in [0.3, 0.4) is 0 Å². The van der Waals surface area contributed by atoms with Crippen LogP contribution in [0.5, 0.6) is 0 Å². The summed E-state index contributed by atoms with van der Waals surface area (Å²) in [5.41, 5.74) is 0.839. The smallest absolute Gasteiger partial charge is 0.340 e. The molecule has 0 aliphatic heterocycles. The lowest BCUT2D eigenvalue weighted by Crippen LogP contribution is -2.27. The zero-order valence-corrected chi connectivity index (χ0v) is 19.9. The highest BCUT2D eigenvalue weighted by atomic mass is 16.5. The summed E-state index contributed by atoms with van der Waals surface area (Å²) in [6.07, 6.45) is -1.06. The summed E-state index contributed by atoms with van der Waals surface area (Å²) in [7, 11) is 0. The highest BCUT2D eigenvalue weighted by Crippen LogP contribution is 2.26. The molecule has 0 bridgehead atoms. The zero-order valence-electron chi connectivity index (χ0n) is 19.9. The molecule has 7 nitrogen and oxygen atoms in total. The van der Waals surface area contributed by atoms with Crippen molar-refractivity contribution >= 4 is 45.7 Å². The van der Waals surface area contributed by atoms with Gasteiger partial charge in [-0.05, 0) is 54.1 Å². The quantitative estimate of drug-likeness (QED) is 0.388. The van der Waals surface area contributed by atoms with E-state index in [0.29, 0.717) is 16.9 Å². The van der Waals surface area contributed by atoms with Crippen LogP contribution >= 0.6 is 0 Å². The van der Waals surface area contributed by atoms with E-state index in [1.807, 2.05) is 45.0 Å². The Balaban J connectivity index is 1.76. The van der Waals surface area contributed by atoms with Gasteiger partial charge in [0.25, 0.3) is 0 Å². The van der Waals surface area contributed by atoms with Crippen LogP contribution in [-0.2, 0) is 14.3 Å². The predicted octanol–water partition coefficient (Wildman–Crippen LogP) is 5.21. The van der Waals surface area contributed by atoms with Gasteiger partial charge in [-0.15, -0.1) is 0 Å². The van der Waals surface area contributed by atoms with Gasteiger partial charge in [0.15, 0.2) is 6.10 Å². The number of carbonyl (C=O) groups excluding carboxylic acids is 4. The largest absolute Gasteiger partial charge is 0.451 e. The Bertz CT molecular complexity index is 1260. The van der Waals surface area contributed by atoms with Crippen LogP contribution in [0.2, 0.25) is 0 Å². The van der Waals surface area contributed by atoms with E-state index in [-0.39, 0.29) is 23.2 Å². The number of carbonyl (C=O) groups is 4. The molecule has 0 saturated carbocycles. The van der Waals surface area contributed by atoms with Crippen LogP contribution in [0.1, 0.15) is 55.3 Å². The van der Waals surface area contributed by atoms with Crippen LogP contribution in [0.25, 0.3) is 10.8 Å². The molecule has 0 aromatic heterocycles. The molecule has 3 rings (SSSR count). The molecular weight excluding hydrogens is 432 g/mol. The molecule has 0 radical (unpaired) electrons. The van der Waals surface area contributed by atoms with Crippen molar-refractivity contribution in [3.05, 3.63) is 71.8 Å². The second-order valence-corrected chi connectivity index (χ2v) is 9.12. The molecule has 176 valence electrons. The van der Waals surface area contributed by atoms with Gasteiger partial charge in [-0.1, -0.05) is 45.0 Å². The van der Waals surface area contributed by atoms with Crippen molar-refractivity contribution in [2.45, 2.75) is 40.7 Å². The maximum atomic E-state index is 12.9. The third-order valence-electron chi connectivity index (χ3n) is 5.18. The lowest BCUT2D eigenvalue weighted by Gasteiger charge is -2.18. The van der Waals surface area contributed by atoms with Crippen LogP contribution in [0.15, 0.2) is 60.7 Å². The Kier molecular flexibility index (Phi) is 7.15. The number of hydrogen-bond donors (Lipinski definition) is 2. The topological polar surface area (TPSA) is 102 Å². The van der Waals surface area contributed by atoms with Gasteiger partial charge in [0.1, 0.15) is 0 Å². The van der Waals surface area contributed by atoms with E-state index < -0.39 is 17.5 Å². The first-order valence-electron chi connectivity index (χ1n) is 10.9. The SMILES string of the molecule is CC(=O)Nc1cc2ccccc2cc1C(=O)OC(C)C(=O)c1ccc(NC(=O)C(C)(C)C)cc1.